The van der Waals surface area contributed by atoms with Crippen LogP contribution in [0, 0.1) is 12.7 Å². The van der Waals surface area contributed by atoms with Crippen molar-refractivity contribution in [3.05, 3.63) is 52.4 Å². The van der Waals surface area contributed by atoms with Gasteiger partial charge in [0.25, 0.3) is 0 Å². The number of benzene rings is 1. The highest BCUT2D eigenvalue weighted by molar-refractivity contribution is 6.30. The monoisotopic (exact) mass is 266 g/mol. The molecule has 2 rings (SSSR count). The van der Waals surface area contributed by atoms with E-state index in [9.17, 15) is 4.39 Å². The molecule has 1 aromatic heterocycles. The molecule has 0 unspecified atom stereocenters. The molecule has 0 radical (unpaired) electrons. The number of hydrogen-bond donors (Lipinski definition) is 1. The van der Waals surface area contributed by atoms with Crippen LogP contribution in [0.3, 0.4) is 0 Å². The predicted octanol–water partition coefficient (Wildman–Crippen LogP) is 3.43. The van der Waals surface area contributed by atoms with E-state index >= 15 is 0 Å². The lowest BCUT2D eigenvalue weighted by molar-refractivity contribution is 0.451. The van der Waals surface area contributed by atoms with Gasteiger partial charge in [0.2, 0.25) is 5.88 Å². The summed E-state index contributed by atoms with van der Waals surface area (Å²) in [5, 5.41) is 0.0543. The quantitative estimate of drug-likeness (QED) is 0.926. The van der Waals surface area contributed by atoms with Crippen molar-refractivity contribution in [3.63, 3.8) is 0 Å². The largest absolute Gasteiger partial charge is 0.439 e. The molecular formula is C13H12ClFN2O. The molecule has 0 atom stereocenters. The van der Waals surface area contributed by atoms with E-state index < -0.39 is 5.82 Å². The molecule has 0 saturated heterocycles. The van der Waals surface area contributed by atoms with Gasteiger partial charge in [-0.3, -0.25) is 0 Å². The predicted molar refractivity (Wildman–Crippen MR) is 68.3 cm³/mol. The zero-order valence-corrected chi connectivity index (χ0v) is 10.5. The van der Waals surface area contributed by atoms with Gasteiger partial charge < -0.3 is 10.5 Å². The Bertz CT molecular complexity index is 575. The van der Waals surface area contributed by atoms with Gasteiger partial charge in [-0.25, -0.2) is 9.37 Å². The van der Waals surface area contributed by atoms with E-state index in [1.165, 1.54) is 12.1 Å². The molecule has 0 bridgehead atoms. The van der Waals surface area contributed by atoms with Gasteiger partial charge in [-0.05, 0) is 30.7 Å². The van der Waals surface area contributed by atoms with Crippen molar-refractivity contribution in [2.75, 3.05) is 0 Å². The number of ether oxygens (including phenoxy) is 1. The van der Waals surface area contributed by atoms with Gasteiger partial charge in [-0.2, -0.15) is 0 Å². The molecule has 1 aromatic carbocycles. The highest BCUT2D eigenvalue weighted by Gasteiger charge is 2.09. The van der Waals surface area contributed by atoms with Gasteiger partial charge in [-0.15, -0.1) is 0 Å². The summed E-state index contributed by atoms with van der Waals surface area (Å²) in [5.41, 5.74) is 7.43. The third-order valence-corrected chi connectivity index (χ3v) is 2.87. The van der Waals surface area contributed by atoms with Crippen molar-refractivity contribution in [3.8, 4) is 11.6 Å². The summed E-state index contributed by atoms with van der Waals surface area (Å²) in [4.78, 5) is 4.10. The Kier molecular flexibility index (Phi) is 3.79. The summed E-state index contributed by atoms with van der Waals surface area (Å²) in [6.45, 7) is 2.23. The third-order valence-electron chi connectivity index (χ3n) is 2.56. The zero-order valence-electron chi connectivity index (χ0n) is 9.78. The van der Waals surface area contributed by atoms with Crippen LogP contribution >= 0.6 is 11.6 Å². The summed E-state index contributed by atoms with van der Waals surface area (Å²) in [7, 11) is 0. The first-order valence-corrected chi connectivity index (χ1v) is 5.77. The minimum absolute atomic E-state index is 0.0543. The molecule has 18 heavy (non-hydrogen) atoms. The van der Waals surface area contributed by atoms with E-state index in [0.29, 0.717) is 18.2 Å². The molecule has 2 N–H and O–H groups in total. The SMILES string of the molecule is Cc1ccnc(Oc2ccc(Cl)c(F)c2)c1CN. The van der Waals surface area contributed by atoms with Crippen molar-refractivity contribution in [1.29, 1.82) is 0 Å². The van der Waals surface area contributed by atoms with Crippen molar-refractivity contribution in [1.82, 2.24) is 4.98 Å². The second-order valence-electron chi connectivity index (χ2n) is 3.79. The van der Waals surface area contributed by atoms with Crippen LogP contribution in [0.25, 0.3) is 0 Å². The number of aryl methyl sites for hydroxylation is 1. The van der Waals surface area contributed by atoms with Crippen LogP contribution in [0.5, 0.6) is 11.6 Å². The molecule has 1 heterocycles. The minimum Gasteiger partial charge on any atom is -0.439 e. The fourth-order valence-corrected chi connectivity index (χ4v) is 1.67. The van der Waals surface area contributed by atoms with Crippen LogP contribution in [0.4, 0.5) is 4.39 Å². The molecule has 0 spiro atoms. The molecule has 0 aliphatic heterocycles. The number of nitrogens with two attached hydrogens (primary N) is 1. The summed E-state index contributed by atoms with van der Waals surface area (Å²) in [6, 6.07) is 6.07. The van der Waals surface area contributed by atoms with Crippen LogP contribution in [0.2, 0.25) is 5.02 Å². The Morgan fingerprint density at radius 1 is 1.39 bits per heavy atom. The highest BCUT2D eigenvalue weighted by Crippen LogP contribution is 2.27. The Morgan fingerprint density at radius 2 is 2.17 bits per heavy atom. The van der Waals surface area contributed by atoms with E-state index in [4.69, 9.17) is 22.1 Å². The van der Waals surface area contributed by atoms with E-state index in [0.717, 1.165) is 11.1 Å². The first-order chi connectivity index (χ1) is 8.61. The summed E-state index contributed by atoms with van der Waals surface area (Å²) >= 11 is 5.60. The first-order valence-electron chi connectivity index (χ1n) is 5.39. The number of rotatable bonds is 3. The molecular weight excluding hydrogens is 255 g/mol. The lowest BCUT2D eigenvalue weighted by Crippen LogP contribution is -2.03. The Balaban J connectivity index is 2.34. The third kappa shape index (κ3) is 2.60. The lowest BCUT2D eigenvalue weighted by Gasteiger charge is -2.11. The first kappa shape index (κ1) is 12.8. The molecule has 0 amide bonds. The van der Waals surface area contributed by atoms with E-state index in [1.807, 2.05) is 13.0 Å². The van der Waals surface area contributed by atoms with Crippen molar-refractivity contribution >= 4 is 11.6 Å². The standard InChI is InChI=1S/C13H12ClFN2O/c1-8-4-5-17-13(10(8)7-16)18-9-2-3-11(14)12(15)6-9/h2-6H,7,16H2,1H3. The van der Waals surface area contributed by atoms with Crippen LogP contribution < -0.4 is 10.5 Å². The van der Waals surface area contributed by atoms with E-state index in [1.54, 1.807) is 12.3 Å². The van der Waals surface area contributed by atoms with Crippen molar-refractivity contribution in [2.45, 2.75) is 13.5 Å². The van der Waals surface area contributed by atoms with Gasteiger partial charge >= 0.3 is 0 Å². The normalized spacial score (nSPS) is 10.4. The number of pyridine rings is 1. The molecule has 0 aliphatic rings. The number of aromatic nitrogens is 1. The topological polar surface area (TPSA) is 48.1 Å². The van der Waals surface area contributed by atoms with Gasteiger partial charge in [0.05, 0.1) is 5.02 Å². The molecule has 0 saturated carbocycles. The maximum absolute atomic E-state index is 13.3. The fourth-order valence-electron chi connectivity index (χ4n) is 1.55. The number of hydrogen-bond acceptors (Lipinski definition) is 3. The highest BCUT2D eigenvalue weighted by atomic mass is 35.5. The minimum atomic E-state index is -0.531. The second kappa shape index (κ2) is 5.33. The van der Waals surface area contributed by atoms with Crippen molar-refractivity contribution in [2.24, 2.45) is 5.73 Å². The summed E-state index contributed by atoms with van der Waals surface area (Å²) in [6.07, 6.45) is 1.62. The van der Waals surface area contributed by atoms with Crippen molar-refractivity contribution < 1.29 is 9.13 Å². The average molecular weight is 267 g/mol. The number of nitrogens with zero attached hydrogens (tertiary/aromatic N) is 1. The van der Waals surface area contributed by atoms with Gasteiger partial charge in [0.15, 0.2) is 0 Å². The second-order valence-corrected chi connectivity index (χ2v) is 4.20. The Hall–Kier alpha value is -1.65. The maximum atomic E-state index is 13.3. The molecule has 94 valence electrons. The number of halogens is 2. The van der Waals surface area contributed by atoms with Crippen LogP contribution in [0.1, 0.15) is 11.1 Å². The van der Waals surface area contributed by atoms with Gasteiger partial charge in [0, 0.05) is 24.4 Å². The zero-order chi connectivity index (χ0) is 13.1. The molecule has 2 aromatic rings. The van der Waals surface area contributed by atoms with Gasteiger partial charge in [0.1, 0.15) is 11.6 Å². The van der Waals surface area contributed by atoms with Crippen LogP contribution in [-0.4, -0.2) is 4.98 Å². The fraction of sp³-hybridized carbons (Fsp3) is 0.154. The average Bonchev–Trinajstić information content (AvgIpc) is 2.34. The summed E-state index contributed by atoms with van der Waals surface area (Å²) < 4.78 is 18.8. The van der Waals surface area contributed by atoms with E-state index in [2.05, 4.69) is 4.98 Å². The molecule has 5 heteroatoms. The Labute approximate surface area is 109 Å². The Morgan fingerprint density at radius 3 is 2.83 bits per heavy atom. The van der Waals surface area contributed by atoms with E-state index in [-0.39, 0.29) is 5.02 Å². The van der Waals surface area contributed by atoms with Crippen LogP contribution in [-0.2, 0) is 6.54 Å². The van der Waals surface area contributed by atoms with Gasteiger partial charge in [-0.1, -0.05) is 11.6 Å². The molecule has 0 aliphatic carbocycles. The maximum Gasteiger partial charge on any atom is 0.223 e. The lowest BCUT2D eigenvalue weighted by atomic mass is 10.1. The smallest absolute Gasteiger partial charge is 0.223 e. The van der Waals surface area contributed by atoms with Crippen LogP contribution in [0.15, 0.2) is 30.5 Å². The summed E-state index contributed by atoms with van der Waals surface area (Å²) in [5.74, 6) is 0.194. The molecule has 0 fully saturated rings. The molecule has 3 nitrogen and oxygen atoms in total.